The van der Waals surface area contributed by atoms with Gasteiger partial charge in [0.1, 0.15) is 35.7 Å². The Morgan fingerprint density at radius 1 is 1.00 bits per heavy atom. The lowest BCUT2D eigenvalue weighted by Gasteiger charge is -2.28. The number of aliphatic hydroxyl groups is 1. The molecular weight excluding hydrogens is 552 g/mol. The lowest BCUT2D eigenvalue weighted by atomic mass is 9.87. The minimum absolute atomic E-state index is 0.0138. The van der Waals surface area contributed by atoms with E-state index >= 15 is 0 Å². The smallest absolute Gasteiger partial charge is 0.343 e. The normalized spacial score (nSPS) is 17.9. The molecule has 0 bridgehead atoms. The largest absolute Gasteiger partial charge is 0.497 e. The van der Waals surface area contributed by atoms with Crippen LogP contribution in [0.2, 0.25) is 0 Å². The van der Waals surface area contributed by atoms with Crippen LogP contribution in [0.15, 0.2) is 60.2 Å². The molecule has 2 aliphatic heterocycles. The molecule has 4 aromatic rings. The SMILES string of the molecule is COC(=O)COc1cc(OC)ccc1CC1=C(c2ccc3nsnc3c2)C(=O)OC1(O)c1ccc2c(c1)OCCO2. The molecule has 0 fully saturated rings. The van der Waals surface area contributed by atoms with E-state index in [1.54, 1.807) is 54.6 Å². The highest BCUT2D eigenvalue weighted by Crippen LogP contribution is 2.47. The molecule has 0 saturated heterocycles. The summed E-state index contributed by atoms with van der Waals surface area (Å²) in [4.78, 5) is 25.4. The maximum atomic E-state index is 13.5. The quantitative estimate of drug-likeness (QED) is 0.309. The van der Waals surface area contributed by atoms with Gasteiger partial charge in [-0.1, -0.05) is 12.1 Å². The van der Waals surface area contributed by atoms with Gasteiger partial charge in [-0.2, -0.15) is 8.75 Å². The zero-order chi connectivity index (χ0) is 28.6. The lowest BCUT2D eigenvalue weighted by Crippen LogP contribution is -2.30. The summed E-state index contributed by atoms with van der Waals surface area (Å²) < 4.78 is 41.5. The van der Waals surface area contributed by atoms with Crippen molar-refractivity contribution in [3.8, 4) is 23.0 Å². The summed E-state index contributed by atoms with van der Waals surface area (Å²) in [6.07, 6.45) is 0.0138. The van der Waals surface area contributed by atoms with E-state index in [4.69, 9.17) is 28.4 Å². The van der Waals surface area contributed by atoms with Crippen LogP contribution in [0.1, 0.15) is 16.7 Å². The van der Waals surface area contributed by atoms with Crippen molar-refractivity contribution < 1.29 is 43.1 Å². The molecule has 11 nitrogen and oxygen atoms in total. The van der Waals surface area contributed by atoms with Gasteiger partial charge in [0.2, 0.25) is 0 Å². The molecule has 41 heavy (non-hydrogen) atoms. The van der Waals surface area contributed by atoms with Gasteiger partial charge in [-0.05, 0) is 47.5 Å². The van der Waals surface area contributed by atoms with Crippen molar-refractivity contribution in [1.82, 2.24) is 8.75 Å². The third-order valence-electron chi connectivity index (χ3n) is 6.85. The second-order valence-electron chi connectivity index (χ2n) is 9.23. The number of methoxy groups -OCH3 is 2. The van der Waals surface area contributed by atoms with Crippen LogP contribution in [0.3, 0.4) is 0 Å². The van der Waals surface area contributed by atoms with E-state index < -0.39 is 17.7 Å². The Kier molecular flexibility index (Phi) is 6.93. The van der Waals surface area contributed by atoms with Gasteiger partial charge in [-0.15, -0.1) is 0 Å². The first-order chi connectivity index (χ1) is 19.9. The van der Waals surface area contributed by atoms with Crippen molar-refractivity contribution >= 4 is 40.3 Å². The summed E-state index contributed by atoms with van der Waals surface area (Å²) >= 11 is 1.06. The predicted molar refractivity (Wildman–Crippen MR) is 146 cm³/mol. The highest BCUT2D eigenvalue weighted by molar-refractivity contribution is 7.00. The van der Waals surface area contributed by atoms with Gasteiger partial charge in [-0.3, -0.25) is 0 Å². The average molecular weight is 577 g/mol. The van der Waals surface area contributed by atoms with Crippen molar-refractivity contribution in [2.24, 2.45) is 0 Å². The summed E-state index contributed by atoms with van der Waals surface area (Å²) in [5.41, 5.74) is 3.07. The summed E-state index contributed by atoms with van der Waals surface area (Å²) in [5.74, 6) is -1.70. The van der Waals surface area contributed by atoms with Crippen LogP contribution in [-0.2, 0) is 31.3 Å². The molecule has 0 aliphatic carbocycles. The van der Waals surface area contributed by atoms with Crippen molar-refractivity contribution in [3.63, 3.8) is 0 Å². The molecule has 1 N–H and O–H groups in total. The van der Waals surface area contributed by atoms with Crippen LogP contribution in [0, 0.1) is 0 Å². The molecule has 3 aromatic carbocycles. The van der Waals surface area contributed by atoms with Gasteiger partial charge in [0.25, 0.3) is 5.79 Å². The van der Waals surface area contributed by atoms with E-state index in [0.29, 0.717) is 58.4 Å². The number of fused-ring (bicyclic) bond motifs is 2. The number of aromatic nitrogens is 2. The average Bonchev–Trinajstić information content (AvgIpc) is 3.57. The van der Waals surface area contributed by atoms with Crippen molar-refractivity contribution in [2.75, 3.05) is 34.0 Å². The molecule has 3 heterocycles. The Bertz CT molecular complexity index is 1700. The van der Waals surface area contributed by atoms with E-state index in [1.165, 1.54) is 14.2 Å². The van der Waals surface area contributed by atoms with Crippen LogP contribution < -0.4 is 18.9 Å². The number of hydrogen-bond donors (Lipinski definition) is 1. The van der Waals surface area contributed by atoms with Gasteiger partial charge >= 0.3 is 11.9 Å². The number of carbonyl (C=O) groups excluding carboxylic acids is 2. The first-order valence-electron chi connectivity index (χ1n) is 12.6. The third kappa shape index (κ3) is 4.92. The van der Waals surface area contributed by atoms with Crippen LogP contribution in [0.4, 0.5) is 0 Å². The molecule has 12 heteroatoms. The molecule has 1 atom stereocenters. The number of rotatable bonds is 8. The fourth-order valence-electron chi connectivity index (χ4n) is 4.79. The first kappa shape index (κ1) is 26.5. The van der Waals surface area contributed by atoms with Gasteiger partial charge < -0.3 is 33.5 Å². The molecule has 0 amide bonds. The molecule has 1 aromatic heterocycles. The number of hydrogen-bond acceptors (Lipinski definition) is 12. The molecule has 2 aliphatic rings. The number of ether oxygens (including phenoxy) is 6. The molecule has 210 valence electrons. The van der Waals surface area contributed by atoms with E-state index in [2.05, 4.69) is 8.75 Å². The maximum Gasteiger partial charge on any atom is 0.343 e. The number of cyclic esters (lactones) is 1. The van der Waals surface area contributed by atoms with E-state index in [9.17, 15) is 14.7 Å². The van der Waals surface area contributed by atoms with Crippen LogP contribution in [0.5, 0.6) is 23.0 Å². The van der Waals surface area contributed by atoms with Crippen molar-refractivity contribution in [3.05, 3.63) is 76.9 Å². The standard InChI is InChI=1S/C29H24N2O9S/c1-35-19-6-3-16(24(14-19)39-15-26(32)36-2)11-20-27(17-4-7-21-22(12-17)31-41-30-21)28(33)40-29(20,34)18-5-8-23-25(13-18)38-10-9-37-23/h3-8,12-14,34H,9-11,15H2,1-2H3. The van der Waals surface area contributed by atoms with Crippen LogP contribution in [-0.4, -0.2) is 59.8 Å². The first-order valence-corrected chi connectivity index (χ1v) is 13.3. The van der Waals surface area contributed by atoms with Gasteiger partial charge in [0.05, 0.1) is 31.5 Å². The van der Waals surface area contributed by atoms with Crippen LogP contribution in [0.25, 0.3) is 16.6 Å². The van der Waals surface area contributed by atoms with E-state index in [1.807, 2.05) is 0 Å². The Morgan fingerprint density at radius 3 is 2.61 bits per heavy atom. The lowest BCUT2D eigenvalue weighted by molar-refractivity contribution is -0.185. The summed E-state index contributed by atoms with van der Waals surface area (Å²) in [6, 6.07) is 15.2. The highest BCUT2D eigenvalue weighted by atomic mass is 32.1. The molecule has 0 spiro atoms. The zero-order valence-corrected chi connectivity index (χ0v) is 22.9. The van der Waals surface area contributed by atoms with E-state index in [0.717, 1.165) is 11.7 Å². The Morgan fingerprint density at radius 2 is 1.80 bits per heavy atom. The monoisotopic (exact) mass is 576 g/mol. The number of esters is 2. The fourth-order valence-corrected chi connectivity index (χ4v) is 5.31. The van der Waals surface area contributed by atoms with Crippen molar-refractivity contribution in [1.29, 1.82) is 0 Å². The van der Waals surface area contributed by atoms with Crippen LogP contribution >= 0.6 is 11.7 Å². The number of carbonyl (C=O) groups is 2. The highest BCUT2D eigenvalue weighted by Gasteiger charge is 2.49. The minimum Gasteiger partial charge on any atom is -0.497 e. The summed E-state index contributed by atoms with van der Waals surface area (Å²) in [7, 11) is 2.77. The minimum atomic E-state index is -2.16. The van der Waals surface area contributed by atoms with Gasteiger partial charge in [0, 0.05) is 23.6 Å². The molecule has 1 unspecified atom stereocenters. The molecular formula is C29H24N2O9S. The topological polar surface area (TPSA) is 136 Å². The molecule has 0 radical (unpaired) electrons. The molecule has 6 rings (SSSR count). The number of benzene rings is 3. The Hall–Kier alpha value is -4.68. The molecule has 0 saturated carbocycles. The summed E-state index contributed by atoms with van der Waals surface area (Å²) in [5, 5.41) is 12.1. The fraction of sp³-hybridized carbons (Fsp3) is 0.241. The second kappa shape index (κ2) is 10.7. The van der Waals surface area contributed by atoms with Crippen molar-refractivity contribution in [2.45, 2.75) is 12.2 Å². The zero-order valence-electron chi connectivity index (χ0n) is 22.0. The summed E-state index contributed by atoms with van der Waals surface area (Å²) in [6.45, 7) is 0.398. The van der Waals surface area contributed by atoms with E-state index in [-0.39, 0.29) is 29.7 Å². The predicted octanol–water partition coefficient (Wildman–Crippen LogP) is 3.42. The Balaban J connectivity index is 1.50. The van der Waals surface area contributed by atoms with Gasteiger partial charge in [0.15, 0.2) is 18.1 Å². The second-order valence-corrected chi connectivity index (χ2v) is 9.76. The van der Waals surface area contributed by atoms with Gasteiger partial charge in [-0.25, -0.2) is 9.59 Å². The maximum absolute atomic E-state index is 13.5. The third-order valence-corrected chi connectivity index (χ3v) is 7.40. The Labute approximate surface area is 238 Å². The number of nitrogens with zero attached hydrogens (tertiary/aromatic N) is 2.